The van der Waals surface area contributed by atoms with Crippen molar-refractivity contribution >= 4 is 22.5 Å². The summed E-state index contributed by atoms with van der Waals surface area (Å²) in [6, 6.07) is 7.36. The highest BCUT2D eigenvalue weighted by atomic mass is 19.4. The molecule has 2 aromatic carbocycles. The molecule has 1 aromatic heterocycles. The van der Waals surface area contributed by atoms with Crippen molar-refractivity contribution in [3.8, 4) is 11.1 Å². The van der Waals surface area contributed by atoms with E-state index in [1.165, 1.54) is 6.20 Å². The maximum atomic E-state index is 13.1. The van der Waals surface area contributed by atoms with Crippen LogP contribution in [0.5, 0.6) is 0 Å². The van der Waals surface area contributed by atoms with Crippen LogP contribution in [0.1, 0.15) is 11.1 Å². The molecule has 1 aliphatic heterocycles. The van der Waals surface area contributed by atoms with E-state index >= 15 is 0 Å². The second-order valence-electron chi connectivity index (χ2n) is 5.42. The van der Waals surface area contributed by atoms with Crippen LogP contribution in [0, 0.1) is 0 Å². The Morgan fingerprint density at radius 2 is 1.96 bits per heavy atom. The number of carbonyl (C=O) groups excluding carboxylic acids is 1. The van der Waals surface area contributed by atoms with Crippen LogP contribution in [0.4, 0.5) is 18.9 Å². The number of fused-ring (bicyclic) bond motifs is 2. The van der Waals surface area contributed by atoms with Gasteiger partial charge < -0.3 is 5.32 Å². The topological polar surface area (TPSA) is 57.8 Å². The number of carbonyl (C=O) groups is 1. The molecule has 0 atom stereocenters. The third kappa shape index (κ3) is 2.16. The molecule has 0 radical (unpaired) electrons. The number of nitrogens with zero attached hydrogens (tertiary/aromatic N) is 1. The number of rotatable bonds is 1. The Balaban J connectivity index is 2.02. The van der Waals surface area contributed by atoms with Crippen molar-refractivity contribution in [2.24, 2.45) is 0 Å². The molecule has 0 spiro atoms. The quantitative estimate of drug-likeness (QED) is 0.718. The number of hydrogen-bond donors (Lipinski definition) is 2. The lowest BCUT2D eigenvalue weighted by molar-refractivity contribution is -0.137. The Morgan fingerprint density at radius 1 is 1.13 bits per heavy atom. The lowest BCUT2D eigenvalue weighted by Crippen LogP contribution is -2.06. The molecule has 4 rings (SSSR count). The molecule has 0 fully saturated rings. The number of para-hydroxylation sites is 1. The second-order valence-corrected chi connectivity index (χ2v) is 5.42. The number of halogens is 3. The minimum absolute atomic E-state index is 0.164. The highest BCUT2D eigenvalue weighted by Gasteiger charge is 2.32. The van der Waals surface area contributed by atoms with Gasteiger partial charge in [-0.15, -0.1) is 0 Å². The Labute approximate surface area is 128 Å². The Kier molecular flexibility index (Phi) is 2.75. The van der Waals surface area contributed by atoms with Gasteiger partial charge in [0.2, 0.25) is 5.91 Å². The van der Waals surface area contributed by atoms with E-state index < -0.39 is 11.7 Å². The molecule has 0 aliphatic carbocycles. The smallest absolute Gasteiger partial charge is 0.325 e. The largest absolute Gasteiger partial charge is 0.416 e. The van der Waals surface area contributed by atoms with Gasteiger partial charge in [0.15, 0.2) is 0 Å². The molecule has 2 N–H and O–H groups in total. The highest BCUT2D eigenvalue weighted by molar-refractivity contribution is 6.07. The first kappa shape index (κ1) is 13.8. The summed E-state index contributed by atoms with van der Waals surface area (Å²) in [7, 11) is 0. The van der Waals surface area contributed by atoms with Crippen LogP contribution in [-0.4, -0.2) is 16.1 Å². The van der Waals surface area contributed by atoms with Gasteiger partial charge in [-0.25, -0.2) is 0 Å². The van der Waals surface area contributed by atoms with Gasteiger partial charge in [0, 0.05) is 10.9 Å². The van der Waals surface area contributed by atoms with Crippen molar-refractivity contribution < 1.29 is 18.0 Å². The molecule has 4 nitrogen and oxygen atoms in total. The van der Waals surface area contributed by atoms with E-state index in [-0.39, 0.29) is 12.3 Å². The van der Waals surface area contributed by atoms with Gasteiger partial charge in [0.05, 0.1) is 29.4 Å². The third-order valence-electron chi connectivity index (χ3n) is 3.94. The van der Waals surface area contributed by atoms with Crippen molar-refractivity contribution in [3.05, 3.63) is 47.7 Å². The van der Waals surface area contributed by atoms with Gasteiger partial charge in [0.1, 0.15) is 0 Å². The molecule has 7 heteroatoms. The third-order valence-corrected chi connectivity index (χ3v) is 3.94. The van der Waals surface area contributed by atoms with Gasteiger partial charge in [-0.1, -0.05) is 18.2 Å². The first-order valence-electron chi connectivity index (χ1n) is 6.90. The summed E-state index contributed by atoms with van der Waals surface area (Å²) < 4.78 is 39.4. The number of aromatic nitrogens is 2. The number of alkyl halides is 3. The Bertz CT molecular complexity index is 943. The van der Waals surface area contributed by atoms with Gasteiger partial charge in [-0.05, 0) is 23.3 Å². The van der Waals surface area contributed by atoms with E-state index in [1.807, 2.05) is 0 Å². The zero-order valence-corrected chi connectivity index (χ0v) is 11.7. The first-order valence-corrected chi connectivity index (χ1v) is 6.90. The van der Waals surface area contributed by atoms with Crippen LogP contribution in [0.25, 0.3) is 22.0 Å². The molecule has 23 heavy (non-hydrogen) atoms. The van der Waals surface area contributed by atoms with Crippen LogP contribution in [0.3, 0.4) is 0 Å². The molecule has 1 amide bonds. The Hall–Kier alpha value is -2.83. The van der Waals surface area contributed by atoms with Gasteiger partial charge in [0.25, 0.3) is 0 Å². The van der Waals surface area contributed by atoms with E-state index in [0.717, 1.165) is 17.7 Å². The van der Waals surface area contributed by atoms with E-state index in [0.29, 0.717) is 27.7 Å². The standard InChI is InChI=1S/C16H10F3N3O/c17-16(18,19)9-5-11(12-7-20-22-13(12)6-9)10-3-1-2-8-4-14(23)21-15(8)10/h1-3,5-7H,4H2,(H,20,22)(H,21,23). The van der Waals surface area contributed by atoms with Crippen molar-refractivity contribution in [1.82, 2.24) is 10.2 Å². The van der Waals surface area contributed by atoms with Crippen LogP contribution in [-0.2, 0) is 17.4 Å². The van der Waals surface area contributed by atoms with E-state index in [2.05, 4.69) is 15.5 Å². The highest BCUT2D eigenvalue weighted by Crippen LogP contribution is 2.41. The fourth-order valence-corrected chi connectivity index (χ4v) is 2.91. The van der Waals surface area contributed by atoms with E-state index in [4.69, 9.17) is 0 Å². The van der Waals surface area contributed by atoms with Gasteiger partial charge >= 0.3 is 6.18 Å². The zero-order chi connectivity index (χ0) is 16.2. The minimum atomic E-state index is -4.46. The lowest BCUT2D eigenvalue weighted by atomic mass is 9.96. The monoisotopic (exact) mass is 317 g/mol. The number of amides is 1. The van der Waals surface area contributed by atoms with Crippen LogP contribution in [0.2, 0.25) is 0 Å². The summed E-state index contributed by atoms with van der Waals surface area (Å²) >= 11 is 0. The summed E-state index contributed by atoms with van der Waals surface area (Å²) in [4.78, 5) is 11.6. The number of anilines is 1. The summed E-state index contributed by atoms with van der Waals surface area (Å²) in [6.07, 6.45) is -2.74. The lowest BCUT2D eigenvalue weighted by Gasteiger charge is -2.13. The van der Waals surface area contributed by atoms with Crippen LogP contribution in [0.15, 0.2) is 36.5 Å². The number of nitrogens with one attached hydrogen (secondary N) is 2. The first-order chi connectivity index (χ1) is 10.9. The number of benzene rings is 2. The van der Waals surface area contributed by atoms with Crippen molar-refractivity contribution in [3.63, 3.8) is 0 Å². The van der Waals surface area contributed by atoms with Crippen LogP contribution >= 0.6 is 0 Å². The number of H-pyrrole nitrogens is 1. The summed E-state index contributed by atoms with van der Waals surface area (Å²) in [5, 5.41) is 9.73. The van der Waals surface area contributed by atoms with Crippen LogP contribution < -0.4 is 5.32 Å². The minimum Gasteiger partial charge on any atom is -0.325 e. The fourth-order valence-electron chi connectivity index (χ4n) is 2.91. The number of aromatic amines is 1. The van der Waals surface area contributed by atoms with Gasteiger partial charge in [-0.2, -0.15) is 18.3 Å². The predicted molar refractivity (Wildman–Crippen MR) is 78.9 cm³/mol. The molecule has 116 valence electrons. The molecule has 0 unspecified atom stereocenters. The zero-order valence-electron chi connectivity index (χ0n) is 11.7. The predicted octanol–water partition coefficient (Wildman–Crippen LogP) is 3.74. The maximum absolute atomic E-state index is 13.1. The molecule has 2 heterocycles. The molecule has 3 aromatic rings. The second kappa shape index (κ2) is 4.58. The fraction of sp³-hybridized carbons (Fsp3) is 0.125. The average Bonchev–Trinajstić information content (AvgIpc) is 3.09. The average molecular weight is 317 g/mol. The molecule has 1 aliphatic rings. The summed E-state index contributed by atoms with van der Waals surface area (Å²) in [6.45, 7) is 0. The van der Waals surface area contributed by atoms with E-state index in [1.54, 1.807) is 18.2 Å². The van der Waals surface area contributed by atoms with Gasteiger partial charge in [-0.3, -0.25) is 9.89 Å². The molecular weight excluding hydrogens is 307 g/mol. The normalized spacial score (nSPS) is 14.1. The maximum Gasteiger partial charge on any atom is 0.416 e. The molecule has 0 bridgehead atoms. The Morgan fingerprint density at radius 3 is 2.74 bits per heavy atom. The van der Waals surface area contributed by atoms with Crippen molar-refractivity contribution in [2.45, 2.75) is 12.6 Å². The van der Waals surface area contributed by atoms with Crippen molar-refractivity contribution in [2.75, 3.05) is 5.32 Å². The summed E-state index contributed by atoms with van der Waals surface area (Å²) in [5.41, 5.74) is 1.84. The molecular formula is C16H10F3N3O. The SMILES string of the molecule is O=C1Cc2cccc(-c3cc(C(F)(F)F)cc4[nH]ncc34)c2N1. The summed E-state index contributed by atoms with van der Waals surface area (Å²) in [5.74, 6) is -0.164. The molecule has 0 saturated carbocycles. The molecule has 0 saturated heterocycles. The van der Waals surface area contributed by atoms with E-state index in [9.17, 15) is 18.0 Å². The number of hydrogen-bond acceptors (Lipinski definition) is 2. The van der Waals surface area contributed by atoms with Crippen molar-refractivity contribution in [1.29, 1.82) is 0 Å².